The number of ether oxygens (including phenoxy) is 2. The smallest absolute Gasteiger partial charge is 0.276 e. The fraction of sp³-hybridized carbons (Fsp3) is 0.250. The van der Waals surface area contributed by atoms with Crippen molar-refractivity contribution in [2.75, 3.05) is 0 Å². The molecule has 0 fully saturated rings. The summed E-state index contributed by atoms with van der Waals surface area (Å²) in [5.41, 5.74) is 0.847. The van der Waals surface area contributed by atoms with Crippen LogP contribution in [0.2, 0.25) is 5.04 Å². The molecule has 0 amide bonds. The first-order valence-corrected chi connectivity index (χ1v) is 11.3. The van der Waals surface area contributed by atoms with Gasteiger partial charge >= 0.3 is 0 Å². The summed E-state index contributed by atoms with van der Waals surface area (Å²) in [5, 5.41) is 23.6. The minimum atomic E-state index is -0.442. The zero-order valence-corrected chi connectivity index (χ0v) is 19.6. The maximum absolute atomic E-state index is 11.4. The first-order valence-electron chi connectivity index (χ1n) is 10.3. The lowest BCUT2D eigenvalue weighted by Crippen LogP contribution is -2.25. The first kappa shape index (κ1) is 23.9. The van der Waals surface area contributed by atoms with Gasteiger partial charge in [-0.15, -0.1) is 0 Å². The van der Waals surface area contributed by atoms with Gasteiger partial charge in [-0.25, -0.2) is 0 Å². The molecule has 33 heavy (non-hydrogen) atoms. The van der Waals surface area contributed by atoms with Crippen LogP contribution in [0.5, 0.6) is 11.5 Å². The van der Waals surface area contributed by atoms with E-state index in [0.29, 0.717) is 32.1 Å². The second kappa shape index (κ2) is 10.3. The molecule has 170 valence electrons. The molecule has 0 saturated heterocycles. The van der Waals surface area contributed by atoms with E-state index in [1.54, 1.807) is 42.5 Å². The third-order valence-corrected chi connectivity index (χ3v) is 6.03. The molecular weight excluding hydrogens is 440 g/mol. The molecule has 8 nitrogen and oxygen atoms in total. The van der Waals surface area contributed by atoms with Crippen molar-refractivity contribution >= 4 is 26.1 Å². The zero-order valence-electron chi connectivity index (χ0n) is 18.6. The van der Waals surface area contributed by atoms with Crippen LogP contribution in [0.25, 0.3) is 0 Å². The van der Waals surface area contributed by atoms with E-state index in [9.17, 15) is 20.2 Å². The molecule has 2 radical (unpaired) electrons. The van der Waals surface area contributed by atoms with Crippen LogP contribution < -0.4 is 14.7 Å². The van der Waals surface area contributed by atoms with Crippen LogP contribution in [-0.2, 0) is 13.2 Å². The summed E-state index contributed by atoms with van der Waals surface area (Å²) in [6.45, 7) is 6.31. The third kappa shape index (κ3) is 6.39. The highest BCUT2D eigenvalue weighted by molar-refractivity contribution is 6.57. The summed E-state index contributed by atoms with van der Waals surface area (Å²) in [5.74, 6) is 0.920. The van der Waals surface area contributed by atoms with Crippen LogP contribution in [0.4, 0.5) is 11.4 Å². The van der Waals surface area contributed by atoms with Crippen molar-refractivity contribution in [3.63, 3.8) is 0 Å². The standard InChI is InChI=1S/C24H24N2O6Si/c1-24(2,3)33-22-14-8-13-21(31-15-17-9-4-6-11-19(17)25(27)28)23(22)32-16-18-10-5-7-12-20(18)26(29)30/h4-14H,15-16H2,1-3H3. The molecule has 3 rings (SSSR count). The highest BCUT2D eigenvalue weighted by Crippen LogP contribution is 2.31. The number of hydrogen-bond donors (Lipinski definition) is 0. The van der Waals surface area contributed by atoms with Gasteiger partial charge in [0.2, 0.25) is 0 Å². The number of para-hydroxylation sites is 3. The second-order valence-electron chi connectivity index (χ2n) is 8.36. The van der Waals surface area contributed by atoms with Gasteiger partial charge in [0.15, 0.2) is 11.5 Å². The quantitative estimate of drug-likeness (QED) is 0.245. The van der Waals surface area contributed by atoms with Gasteiger partial charge in [-0.05, 0) is 28.4 Å². The maximum atomic E-state index is 11.4. The third-order valence-electron chi connectivity index (χ3n) is 4.62. The number of nitro groups is 2. The molecule has 0 bridgehead atoms. The Morgan fingerprint density at radius 3 is 1.79 bits per heavy atom. The molecule has 0 aliphatic heterocycles. The maximum Gasteiger partial charge on any atom is 0.276 e. The van der Waals surface area contributed by atoms with E-state index < -0.39 is 9.85 Å². The summed E-state index contributed by atoms with van der Waals surface area (Å²) in [4.78, 5) is 21.8. The first-order chi connectivity index (χ1) is 15.7. The topological polar surface area (TPSA) is 105 Å². The number of nitro benzene ring substituents is 2. The second-order valence-corrected chi connectivity index (χ2v) is 10.6. The van der Waals surface area contributed by atoms with Crippen LogP contribution in [0.15, 0.2) is 66.7 Å². The fourth-order valence-corrected chi connectivity index (χ4v) is 4.50. The molecule has 9 heteroatoms. The molecule has 0 aliphatic rings. The Morgan fingerprint density at radius 1 is 0.758 bits per heavy atom. The highest BCUT2D eigenvalue weighted by atomic mass is 28.2. The predicted octanol–water partition coefficient (Wildman–Crippen LogP) is 5.21. The van der Waals surface area contributed by atoms with Crippen molar-refractivity contribution < 1.29 is 19.3 Å². The molecule has 0 spiro atoms. The average molecular weight is 465 g/mol. The molecule has 0 N–H and O–H groups in total. The summed E-state index contributed by atoms with van der Waals surface area (Å²) in [6, 6.07) is 18.3. The van der Waals surface area contributed by atoms with Gasteiger partial charge in [-0.3, -0.25) is 20.2 Å². The van der Waals surface area contributed by atoms with Crippen LogP contribution in [0, 0.1) is 20.2 Å². The van der Waals surface area contributed by atoms with E-state index in [1.165, 1.54) is 12.1 Å². The molecule has 0 aliphatic carbocycles. The summed E-state index contributed by atoms with van der Waals surface area (Å²) >= 11 is 0. The number of nitrogens with zero attached hydrogens (tertiary/aromatic N) is 2. The summed E-state index contributed by atoms with van der Waals surface area (Å²) in [7, 11) is 0.387. The van der Waals surface area contributed by atoms with Crippen molar-refractivity contribution in [2.24, 2.45) is 0 Å². The summed E-state index contributed by atoms with van der Waals surface area (Å²) < 4.78 is 12.1. The van der Waals surface area contributed by atoms with Crippen molar-refractivity contribution in [1.82, 2.24) is 0 Å². The van der Waals surface area contributed by atoms with Crippen molar-refractivity contribution in [1.29, 1.82) is 0 Å². The van der Waals surface area contributed by atoms with Crippen molar-refractivity contribution in [3.05, 3.63) is 98.1 Å². The predicted molar refractivity (Wildman–Crippen MR) is 126 cm³/mol. The molecule has 0 saturated carbocycles. The van der Waals surface area contributed by atoms with Crippen LogP contribution in [0.1, 0.15) is 31.9 Å². The van der Waals surface area contributed by atoms with Crippen LogP contribution >= 0.6 is 0 Å². The van der Waals surface area contributed by atoms with E-state index in [2.05, 4.69) is 20.8 Å². The molecule has 0 heterocycles. The van der Waals surface area contributed by atoms with Crippen molar-refractivity contribution in [3.8, 4) is 11.5 Å². The number of hydrogen-bond acceptors (Lipinski definition) is 6. The van der Waals surface area contributed by atoms with Gasteiger partial charge in [0.25, 0.3) is 11.4 Å². The van der Waals surface area contributed by atoms with Gasteiger partial charge < -0.3 is 9.47 Å². The molecule has 3 aromatic rings. The molecule has 3 aromatic carbocycles. The molecular formula is C24H24N2O6Si. The molecule has 0 aromatic heterocycles. The lowest BCUT2D eigenvalue weighted by atomic mass is 10.2. The SMILES string of the molecule is CC(C)(C)[Si]c1cccc(OCc2ccccc2[N+](=O)[O-])c1OCc1ccccc1[N+](=O)[O-]. The number of rotatable bonds is 9. The van der Waals surface area contributed by atoms with E-state index in [1.807, 2.05) is 12.1 Å². The van der Waals surface area contributed by atoms with Gasteiger partial charge in [0.05, 0.1) is 30.5 Å². The molecule has 0 atom stereocenters. The zero-order chi connectivity index (χ0) is 24.0. The Bertz CT molecular complexity index is 1160. The van der Waals surface area contributed by atoms with E-state index in [4.69, 9.17) is 9.47 Å². The average Bonchev–Trinajstić information content (AvgIpc) is 2.76. The normalized spacial score (nSPS) is 11.1. The summed E-state index contributed by atoms with van der Waals surface area (Å²) in [6.07, 6.45) is 0. The van der Waals surface area contributed by atoms with E-state index in [0.717, 1.165) is 5.19 Å². The lowest BCUT2D eigenvalue weighted by Gasteiger charge is -2.21. The minimum absolute atomic E-state index is 0.00929. The Hall–Kier alpha value is -3.72. The van der Waals surface area contributed by atoms with Crippen LogP contribution in [-0.4, -0.2) is 19.4 Å². The Kier molecular flexibility index (Phi) is 7.44. The van der Waals surface area contributed by atoms with Gasteiger partial charge in [-0.2, -0.15) is 0 Å². The largest absolute Gasteiger partial charge is 0.485 e. The van der Waals surface area contributed by atoms with Crippen molar-refractivity contribution in [2.45, 2.75) is 39.0 Å². The Morgan fingerprint density at radius 2 is 1.27 bits per heavy atom. The van der Waals surface area contributed by atoms with Crippen LogP contribution in [0.3, 0.4) is 0 Å². The lowest BCUT2D eigenvalue weighted by molar-refractivity contribution is -0.386. The Labute approximate surface area is 194 Å². The Balaban J connectivity index is 1.92. The van der Waals surface area contributed by atoms with Gasteiger partial charge in [-0.1, -0.05) is 57.2 Å². The fourth-order valence-electron chi connectivity index (χ4n) is 3.21. The minimum Gasteiger partial charge on any atom is -0.485 e. The van der Waals surface area contributed by atoms with Gasteiger partial charge in [0.1, 0.15) is 13.2 Å². The monoisotopic (exact) mass is 464 g/mol. The number of benzene rings is 3. The van der Waals surface area contributed by atoms with E-state index in [-0.39, 0.29) is 29.6 Å². The van der Waals surface area contributed by atoms with E-state index >= 15 is 0 Å². The highest BCUT2D eigenvalue weighted by Gasteiger charge is 2.21. The van der Waals surface area contributed by atoms with Gasteiger partial charge in [0, 0.05) is 12.1 Å². The molecule has 0 unspecified atom stereocenters.